The first-order chi connectivity index (χ1) is 11.4. The van der Waals surface area contributed by atoms with Crippen LogP contribution in [0.1, 0.15) is 6.42 Å². The Morgan fingerprint density at radius 2 is 1.43 bits per heavy atom. The molecule has 0 unspecified atom stereocenters. The molecule has 23 heavy (non-hydrogen) atoms. The monoisotopic (exact) mass is 322 g/mol. The van der Waals surface area contributed by atoms with Crippen molar-refractivity contribution in [1.29, 1.82) is 0 Å². The van der Waals surface area contributed by atoms with Crippen molar-refractivity contribution in [1.82, 2.24) is 15.0 Å². The van der Waals surface area contributed by atoms with Crippen LogP contribution in [0.25, 0.3) is 22.8 Å². The van der Waals surface area contributed by atoms with E-state index in [-0.39, 0.29) is 0 Å². The molecule has 0 saturated carbocycles. The largest absolute Gasteiger partial charge is 0.330 e. The summed E-state index contributed by atoms with van der Waals surface area (Å²) < 4.78 is 0. The van der Waals surface area contributed by atoms with Crippen LogP contribution in [0.2, 0.25) is 0 Å². The zero-order valence-electron chi connectivity index (χ0n) is 12.7. The lowest BCUT2D eigenvalue weighted by Gasteiger charge is -2.08. The van der Waals surface area contributed by atoms with Crippen molar-refractivity contribution in [3.05, 3.63) is 60.9 Å². The number of rotatable bonds is 6. The molecule has 3 rings (SSSR count). The van der Waals surface area contributed by atoms with Gasteiger partial charge in [0.25, 0.3) is 0 Å². The molecule has 0 radical (unpaired) electrons. The van der Waals surface area contributed by atoms with Crippen LogP contribution < -0.4 is 5.73 Å². The number of nitrogens with zero attached hydrogens (tertiary/aromatic N) is 3. The van der Waals surface area contributed by atoms with Crippen molar-refractivity contribution < 1.29 is 0 Å². The minimum atomic E-state index is 0.707. The number of aromatic nitrogens is 3. The van der Waals surface area contributed by atoms with Crippen molar-refractivity contribution in [2.24, 2.45) is 5.73 Å². The Balaban J connectivity index is 2.00. The Bertz CT molecular complexity index is 690. The second kappa shape index (κ2) is 7.85. The Kier molecular flexibility index (Phi) is 5.34. The smallest absolute Gasteiger partial charge is 0.0905 e. The van der Waals surface area contributed by atoms with Gasteiger partial charge in [-0.1, -0.05) is 12.1 Å². The third-order valence-electron chi connectivity index (χ3n) is 3.27. The highest BCUT2D eigenvalue weighted by Gasteiger charge is 2.09. The van der Waals surface area contributed by atoms with Crippen LogP contribution in [0.5, 0.6) is 0 Å². The average molecular weight is 322 g/mol. The van der Waals surface area contributed by atoms with Gasteiger partial charge in [0.05, 0.1) is 22.8 Å². The molecule has 0 fully saturated rings. The van der Waals surface area contributed by atoms with Gasteiger partial charge in [-0.2, -0.15) is 0 Å². The van der Waals surface area contributed by atoms with Crippen LogP contribution in [0.4, 0.5) is 0 Å². The third-order valence-corrected chi connectivity index (χ3v) is 4.33. The molecule has 3 aromatic heterocycles. The molecule has 116 valence electrons. The zero-order valence-corrected chi connectivity index (χ0v) is 13.5. The van der Waals surface area contributed by atoms with E-state index in [0.29, 0.717) is 6.54 Å². The summed E-state index contributed by atoms with van der Waals surface area (Å²) in [6.07, 6.45) is 4.56. The van der Waals surface area contributed by atoms with Gasteiger partial charge in [-0.05, 0) is 55.1 Å². The molecule has 0 aromatic carbocycles. The summed E-state index contributed by atoms with van der Waals surface area (Å²) >= 11 is 1.79. The first-order valence-electron chi connectivity index (χ1n) is 7.54. The number of hydrogen-bond donors (Lipinski definition) is 1. The highest BCUT2D eigenvalue weighted by Crippen LogP contribution is 2.28. The number of nitrogens with two attached hydrogens (primary N) is 1. The lowest BCUT2D eigenvalue weighted by atomic mass is 10.2. The molecule has 2 N–H and O–H groups in total. The Labute approximate surface area is 140 Å². The summed E-state index contributed by atoms with van der Waals surface area (Å²) in [5, 5.41) is 0. The summed E-state index contributed by atoms with van der Waals surface area (Å²) in [7, 11) is 0. The maximum Gasteiger partial charge on any atom is 0.0905 e. The maximum atomic E-state index is 5.59. The zero-order chi connectivity index (χ0) is 15.9. The topological polar surface area (TPSA) is 64.7 Å². The van der Waals surface area contributed by atoms with E-state index in [1.165, 1.54) is 0 Å². The molecule has 0 amide bonds. The molecule has 3 aromatic rings. The van der Waals surface area contributed by atoms with E-state index in [1.807, 2.05) is 36.4 Å². The molecule has 0 spiro atoms. The van der Waals surface area contributed by atoms with Crippen LogP contribution in [-0.4, -0.2) is 27.2 Å². The van der Waals surface area contributed by atoms with Crippen LogP contribution in [0.15, 0.2) is 65.8 Å². The van der Waals surface area contributed by atoms with Crippen LogP contribution in [0.3, 0.4) is 0 Å². The van der Waals surface area contributed by atoms with Crippen molar-refractivity contribution in [2.45, 2.75) is 11.3 Å². The van der Waals surface area contributed by atoms with E-state index >= 15 is 0 Å². The SMILES string of the molecule is NCCCSc1cc(-c2ccccn2)nc(-c2ccccn2)c1. The average Bonchev–Trinajstić information content (AvgIpc) is 2.63. The van der Waals surface area contributed by atoms with Gasteiger partial charge in [0.2, 0.25) is 0 Å². The fourth-order valence-corrected chi connectivity index (χ4v) is 3.09. The molecule has 3 heterocycles. The standard InChI is InChI=1S/C18H18N4S/c19-8-5-11-23-14-12-17(15-6-1-3-9-20-15)22-18(13-14)16-7-2-4-10-21-16/h1-4,6-7,9-10,12-13H,5,8,11,19H2. The first kappa shape index (κ1) is 15.6. The quantitative estimate of drug-likeness (QED) is 0.554. The predicted molar refractivity (Wildman–Crippen MR) is 95.1 cm³/mol. The molecular formula is C18H18N4S. The van der Waals surface area contributed by atoms with Crippen LogP contribution in [0, 0.1) is 0 Å². The van der Waals surface area contributed by atoms with Gasteiger partial charge < -0.3 is 5.73 Å². The van der Waals surface area contributed by atoms with E-state index in [0.717, 1.165) is 39.8 Å². The lowest BCUT2D eigenvalue weighted by Crippen LogP contribution is -1.99. The molecule has 0 bridgehead atoms. The molecule has 5 heteroatoms. The van der Waals surface area contributed by atoms with Gasteiger partial charge in [0, 0.05) is 17.3 Å². The first-order valence-corrected chi connectivity index (χ1v) is 8.53. The Morgan fingerprint density at radius 1 is 0.826 bits per heavy atom. The van der Waals surface area contributed by atoms with Gasteiger partial charge in [0.15, 0.2) is 0 Å². The Morgan fingerprint density at radius 3 is 1.91 bits per heavy atom. The van der Waals surface area contributed by atoms with Gasteiger partial charge in [-0.25, -0.2) is 4.98 Å². The fourth-order valence-electron chi connectivity index (χ4n) is 2.15. The second-order valence-corrected chi connectivity index (χ2v) is 6.16. The number of hydrogen-bond acceptors (Lipinski definition) is 5. The van der Waals surface area contributed by atoms with Gasteiger partial charge in [-0.15, -0.1) is 11.8 Å². The highest BCUT2D eigenvalue weighted by molar-refractivity contribution is 7.99. The molecular weight excluding hydrogens is 304 g/mol. The number of thioether (sulfide) groups is 1. The molecule has 4 nitrogen and oxygen atoms in total. The van der Waals surface area contributed by atoms with E-state index in [9.17, 15) is 0 Å². The maximum absolute atomic E-state index is 5.59. The van der Waals surface area contributed by atoms with Crippen molar-refractivity contribution in [3.63, 3.8) is 0 Å². The Hall–Kier alpha value is -2.24. The second-order valence-electron chi connectivity index (χ2n) is 4.99. The van der Waals surface area contributed by atoms with Crippen LogP contribution in [-0.2, 0) is 0 Å². The predicted octanol–water partition coefficient (Wildman–Crippen LogP) is 3.65. The van der Waals surface area contributed by atoms with E-state index in [1.54, 1.807) is 24.2 Å². The van der Waals surface area contributed by atoms with Gasteiger partial charge in [0.1, 0.15) is 0 Å². The summed E-state index contributed by atoms with van der Waals surface area (Å²) in [5.74, 6) is 0.990. The van der Waals surface area contributed by atoms with E-state index < -0.39 is 0 Å². The minimum Gasteiger partial charge on any atom is -0.330 e. The third kappa shape index (κ3) is 4.15. The van der Waals surface area contributed by atoms with E-state index in [2.05, 4.69) is 22.1 Å². The van der Waals surface area contributed by atoms with Crippen molar-refractivity contribution >= 4 is 11.8 Å². The molecule has 0 atom stereocenters. The normalized spacial score (nSPS) is 10.7. The molecule has 0 saturated heterocycles. The summed E-state index contributed by atoms with van der Waals surface area (Å²) in [6, 6.07) is 15.9. The van der Waals surface area contributed by atoms with Gasteiger partial charge in [-0.3, -0.25) is 9.97 Å². The minimum absolute atomic E-state index is 0.707. The molecule has 0 aliphatic carbocycles. The molecule has 0 aliphatic rings. The number of pyridine rings is 3. The fraction of sp³-hybridized carbons (Fsp3) is 0.167. The van der Waals surface area contributed by atoms with Gasteiger partial charge >= 0.3 is 0 Å². The summed E-state index contributed by atoms with van der Waals surface area (Å²) in [6.45, 7) is 0.707. The molecule has 0 aliphatic heterocycles. The summed E-state index contributed by atoms with van der Waals surface area (Å²) in [4.78, 5) is 14.7. The van der Waals surface area contributed by atoms with Crippen molar-refractivity contribution in [3.8, 4) is 22.8 Å². The highest BCUT2D eigenvalue weighted by atomic mass is 32.2. The van der Waals surface area contributed by atoms with Crippen LogP contribution >= 0.6 is 11.8 Å². The summed E-state index contributed by atoms with van der Waals surface area (Å²) in [5.41, 5.74) is 9.05. The lowest BCUT2D eigenvalue weighted by molar-refractivity contribution is 0.943. The van der Waals surface area contributed by atoms with E-state index in [4.69, 9.17) is 10.7 Å². The van der Waals surface area contributed by atoms with Crippen molar-refractivity contribution in [2.75, 3.05) is 12.3 Å².